The summed E-state index contributed by atoms with van der Waals surface area (Å²) in [5, 5.41) is 10.9. The number of para-hydroxylation sites is 1. The number of pyridine rings is 1. The molecule has 26 heavy (non-hydrogen) atoms. The molecule has 3 nitrogen and oxygen atoms in total. The van der Waals surface area contributed by atoms with Crippen LogP contribution in [0.1, 0.15) is 10.4 Å². The van der Waals surface area contributed by atoms with Crippen LogP contribution in [0.2, 0.25) is 0 Å². The fourth-order valence-corrected chi connectivity index (χ4v) is 3.39. The monoisotopic (exact) mass is 350 g/mol. The van der Waals surface area contributed by atoms with Gasteiger partial charge in [0.2, 0.25) is 11.0 Å². The maximum Gasteiger partial charge on any atom is 0.337 e. The summed E-state index contributed by atoms with van der Waals surface area (Å²) in [5.41, 5.74) is 2.44. The Hall–Kier alpha value is -3.34. The second-order valence-electron chi connectivity index (χ2n) is 6.11. The molecule has 4 aromatic rings. The normalized spacial score (nSPS) is 11.2. The fraction of sp³-hybridized carbons (Fsp3) is 0.0476. The maximum atomic E-state index is 14.2. The Kier molecular flexibility index (Phi) is 3.65. The highest BCUT2D eigenvalue weighted by molar-refractivity contribution is 6.12. The average Bonchev–Trinajstić information content (AvgIpc) is 2.62. The zero-order chi connectivity index (χ0) is 18.4. The van der Waals surface area contributed by atoms with E-state index in [1.165, 1.54) is 12.1 Å². The number of nitrogens with zero attached hydrogens (tertiary/aromatic N) is 1. The van der Waals surface area contributed by atoms with E-state index in [-0.39, 0.29) is 11.1 Å². The molecular formula is C21H14F2NO2+. The number of hydrogen-bond acceptors (Lipinski definition) is 1. The van der Waals surface area contributed by atoms with Gasteiger partial charge in [-0.2, -0.15) is 4.57 Å². The van der Waals surface area contributed by atoms with Crippen LogP contribution in [-0.4, -0.2) is 11.1 Å². The number of carboxylic acid groups (broad SMARTS) is 1. The number of rotatable bonds is 2. The Morgan fingerprint density at radius 2 is 1.65 bits per heavy atom. The first kappa shape index (κ1) is 16.1. The molecule has 5 heteroatoms. The predicted molar refractivity (Wildman–Crippen MR) is 94.9 cm³/mol. The molecule has 3 aromatic carbocycles. The van der Waals surface area contributed by atoms with Gasteiger partial charge in [0.05, 0.1) is 16.3 Å². The molecule has 0 atom stereocenters. The van der Waals surface area contributed by atoms with Crippen molar-refractivity contribution in [2.24, 2.45) is 7.05 Å². The number of aryl methyl sites for hydroxylation is 1. The van der Waals surface area contributed by atoms with Crippen LogP contribution in [0.15, 0.2) is 60.7 Å². The molecule has 0 fully saturated rings. The maximum absolute atomic E-state index is 14.2. The summed E-state index contributed by atoms with van der Waals surface area (Å²) >= 11 is 0. The van der Waals surface area contributed by atoms with Crippen molar-refractivity contribution in [2.75, 3.05) is 0 Å². The molecule has 0 aliphatic rings. The Morgan fingerprint density at radius 1 is 0.923 bits per heavy atom. The third kappa shape index (κ3) is 2.40. The SMILES string of the molecule is C[n+]1c2ccccc2c(C(=O)O)c2ccc(-c3ccc(F)cc3F)cc21. The topological polar surface area (TPSA) is 41.2 Å². The Labute approximate surface area is 147 Å². The lowest BCUT2D eigenvalue weighted by molar-refractivity contribution is -0.617. The Bertz CT molecular complexity index is 1200. The molecule has 1 aromatic heterocycles. The number of fused-ring (bicyclic) bond motifs is 2. The zero-order valence-corrected chi connectivity index (χ0v) is 13.8. The lowest BCUT2D eigenvalue weighted by Crippen LogP contribution is -2.31. The van der Waals surface area contributed by atoms with E-state index in [4.69, 9.17) is 0 Å². The van der Waals surface area contributed by atoms with E-state index in [2.05, 4.69) is 0 Å². The molecule has 0 spiro atoms. The molecule has 0 unspecified atom stereocenters. The highest BCUT2D eigenvalue weighted by Gasteiger charge is 2.22. The number of halogens is 2. The van der Waals surface area contributed by atoms with E-state index >= 15 is 0 Å². The summed E-state index contributed by atoms with van der Waals surface area (Å²) in [7, 11) is 1.83. The van der Waals surface area contributed by atoms with Crippen molar-refractivity contribution >= 4 is 27.8 Å². The van der Waals surface area contributed by atoms with E-state index in [0.29, 0.717) is 21.9 Å². The molecule has 128 valence electrons. The molecule has 0 bridgehead atoms. The van der Waals surface area contributed by atoms with Crippen LogP contribution < -0.4 is 4.57 Å². The van der Waals surface area contributed by atoms with Crippen molar-refractivity contribution in [3.63, 3.8) is 0 Å². The van der Waals surface area contributed by atoms with Crippen molar-refractivity contribution in [1.82, 2.24) is 0 Å². The molecular weight excluding hydrogens is 336 g/mol. The second kappa shape index (κ2) is 5.88. The average molecular weight is 350 g/mol. The molecule has 0 saturated heterocycles. The first-order valence-electron chi connectivity index (χ1n) is 8.00. The first-order chi connectivity index (χ1) is 12.5. The van der Waals surface area contributed by atoms with Gasteiger partial charge in [0, 0.05) is 23.8 Å². The van der Waals surface area contributed by atoms with Crippen molar-refractivity contribution in [3.05, 3.63) is 77.9 Å². The van der Waals surface area contributed by atoms with Crippen LogP contribution in [0, 0.1) is 11.6 Å². The van der Waals surface area contributed by atoms with E-state index in [1.54, 1.807) is 30.3 Å². The van der Waals surface area contributed by atoms with Gasteiger partial charge in [-0.05, 0) is 29.8 Å². The van der Waals surface area contributed by atoms with E-state index in [0.717, 1.165) is 11.6 Å². The highest BCUT2D eigenvalue weighted by atomic mass is 19.1. The van der Waals surface area contributed by atoms with E-state index in [9.17, 15) is 18.7 Å². The summed E-state index contributed by atoms with van der Waals surface area (Å²) in [6, 6.07) is 15.7. The number of aromatic carboxylic acids is 1. The van der Waals surface area contributed by atoms with Gasteiger partial charge < -0.3 is 5.11 Å². The minimum absolute atomic E-state index is 0.208. The van der Waals surface area contributed by atoms with Crippen LogP contribution in [0.25, 0.3) is 32.9 Å². The van der Waals surface area contributed by atoms with Crippen LogP contribution in [-0.2, 0) is 7.05 Å². The van der Waals surface area contributed by atoms with Gasteiger partial charge in [-0.15, -0.1) is 0 Å². The quantitative estimate of drug-likeness (QED) is 0.428. The van der Waals surface area contributed by atoms with Gasteiger partial charge in [0.1, 0.15) is 18.7 Å². The van der Waals surface area contributed by atoms with Crippen molar-refractivity contribution < 1.29 is 23.2 Å². The van der Waals surface area contributed by atoms with Gasteiger partial charge in [0.25, 0.3) is 0 Å². The number of carboxylic acids is 1. The zero-order valence-electron chi connectivity index (χ0n) is 13.8. The van der Waals surface area contributed by atoms with Gasteiger partial charge in [-0.1, -0.05) is 18.2 Å². The Balaban J connectivity index is 2.09. The summed E-state index contributed by atoms with van der Waals surface area (Å²) in [6.45, 7) is 0. The molecule has 4 rings (SSSR count). The molecule has 0 radical (unpaired) electrons. The molecule has 0 amide bonds. The van der Waals surface area contributed by atoms with Crippen LogP contribution >= 0.6 is 0 Å². The van der Waals surface area contributed by atoms with Crippen LogP contribution in [0.5, 0.6) is 0 Å². The molecule has 0 aliphatic heterocycles. The standard InChI is InChI=1S/C21H13F2NO2/c1-24-18-5-3-2-4-15(18)20(21(25)26)16-8-6-12(10-19(16)24)14-9-7-13(22)11-17(14)23/h2-11H,1H3/p+1. The second-order valence-corrected chi connectivity index (χ2v) is 6.11. The van der Waals surface area contributed by atoms with Crippen molar-refractivity contribution in [2.45, 2.75) is 0 Å². The number of carbonyl (C=O) groups is 1. The Morgan fingerprint density at radius 3 is 2.38 bits per heavy atom. The summed E-state index contributed by atoms with van der Waals surface area (Å²) in [4.78, 5) is 11.9. The number of aromatic nitrogens is 1. The van der Waals surface area contributed by atoms with E-state index in [1.807, 2.05) is 23.7 Å². The van der Waals surface area contributed by atoms with Gasteiger partial charge in [-0.25, -0.2) is 13.6 Å². The van der Waals surface area contributed by atoms with E-state index < -0.39 is 17.6 Å². The third-order valence-electron chi connectivity index (χ3n) is 4.62. The number of hydrogen-bond donors (Lipinski definition) is 1. The predicted octanol–water partition coefficient (Wildman–Crippen LogP) is 4.46. The van der Waals surface area contributed by atoms with Gasteiger partial charge in [-0.3, -0.25) is 0 Å². The smallest absolute Gasteiger partial charge is 0.337 e. The van der Waals surface area contributed by atoms with Gasteiger partial charge in [0.15, 0.2) is 0 Å². The molecule has 0 saturated carbocycles. The fourth-order valence-electron chi connectivity index (χ4n) is 3.39. The molecule has 1 N–H and O–H groups in total. The highest BCUT2D eigenvalue weighted by Crippen LogP contribution is 2.30. The first-order valence-corrected chi connectivity index (χ1v) is 8.00. The lowest BCUT2D eigenvalue weighted by atomic mass is 9.98. The lowest BCUT2D eigenvalue weighted by Gasteiger charge is -2.09. The molecule has 1 heterocycles. The van der Waals surface area contributed by atoms with Crippen molar-refractivity contribution in [3.8, 4) is 11.1 Å². The number of benzene rings is 3. The largest absolute Gasteiger partial charge is 0.478 e. The van der Waals surface area contributed by atoms with Gasteiger partial charge >= 0.3 is 5.97 Å². The summed E-state index contributed by atoms with van der Waals surface area (Å²) in [6.07, 6.45) is 0. The molecule has 0 aliphatic carbocycles. The summed E-state index contributed by atoms with van der Waals surface area (Å²) in [5.74, 6) is -2.32. The van der Waals surface area contributed by atoms with Crippen molar-refractivity contribution in [1.29, 1.82) is 0 Å². The summed E-state index contributed by atoms with van der Waals surface area (Å²) < 4.78 is 29.2. The van der Waals surface area contributed by atoms with Crippen LogP contribution in [0.3, 0.4) is 0 Å². The van der Waals surface area contributed by atoms with Crippen LogP contribution in [0.4, 0.5) is 8.78 Å². The third-order valence-corrected chi connectivity index (χ3v) is 4.62. The minimum atomic E-state index is -1.02. The minimum Gasteiger partial charge on any atom is -0.478 e.